The molecule has 1 aromatic heterocycles. The van der Waals surface area contributed by atoms with Crippen LogP contribution in [0.4, 0.5) is 5.69 Å². The largest absolute Gasteiger partial charge is 0.350 e. The highest BCUT2D eigenvalue weighted by molar-refractivity contribution is 6.31. The number of nitrogens with zero attached hydrogens (tertiary/aromatic N) is 4. The zero-order valence-corrected chi connectivity index (χ0v) is 16.6. The van der Waals surface area contributed by atoms with E-state index in [-0.39, 0.29) is 41.0 Å². The Kier molecular flexibility index (Phi) is 5.37. The highest BCUT2D eigenvalue weighted by Crippen LogP contribution is 2.39. The molecule has 0 bridgehead atoms. The van der Waals surface area contributed by atoms with E-state index < -0.39 is 10.8 Å². The fourth-order valence-electron chi connectivity index (χ4n) is 3.22. The van der Waals surface area contributed by atoms with E-state index in [1.54, 1.807) is 4.57 Å². The Hall–Kier alpha value is -3.46. The predicted octanol–water partition coefficient (Wildman–Crippen LogP) is 2.90. The number of benzene rings is 2. The number of amides is 1. The van der Waals surface area contributed by atoms with Crippen molar-refractivity contribution in [2.45, 2.75) is 25.3 Å². The van der Waals surface area contributed by atoms with Gasteiger partial charge in [0.15, 0.2) is 0 Å². The van der Waals surface area contributed by atoms with Crippen LogP contribution in [0.3, 0.4) is 0 Å². The van der Waals surface area contributed by atoms with Gasteiger partial charge in [-0.1, -0.05) is 29.8 Å². The first-order chi connectivity index (χ1) is 14.5. The van der Waals surface area contributed by atoms with Gasteiger partial charge < -0.3 is 5.32 Å². The van der Waals surface area contributed by atoms with E-state index >= 15 is 0 Å². The third-order valence-electron chi connectivity index (χ3n) is 4.83. The fraction of sp³-hybridized carbons (Fsp3) is 0.250. The summed E-state index contributed by atoms with van der Waals surface area (Å²) in [4.78, 5) is 35.8. The van der Waals surface area contributed by atoms with Crippen molar-refractivity contribution >= 4 is 23.2 Å². The third kappa shape index (κ3) is 3.97. The molecule has 0 atom stereocenters. The summed E-state index contributed by atoms with van der Waals surface area (Å²) in [5.41, 5.74) is -0.00732. The van der Waals surface area contributed by atoms with Gasteiger partial charge in [0.25, 0.3) is 11.6 Å². The number of carbonyl (C=O) groups excluding carboxylic acids is 1. The van der Waals surface area contributed by atoms with Crippen LogP contribution in [0.1, 0.15) is 34.9 Å². The molecule has 0 spiro atoms. The van der Waals surface area contributed by atoms with Crippen LogP contribution < -0.4 is 11.0 Å². The zero-order chi connectivity index (χ0) is 21.3. The van der Waals surface area contributed by atoms with Crippen LogP contribution in [0, 0.1) is 10.1 Å². The van der Waals surface area contributed by atoms with Crippen LogP contribution in [0.15, 0.2) is 53.3 Å². The van der Waals surface area contributed by atoms with E-state index in [0.29, 0.717) is 5.82 Å². The molecule has 1 heterocycles. The minimum absolute atomic E-state index is 0.0817. The lowest BCUT2D eigenvalue weighted by Gasteiger charge is -2.06. The van der Waals surface area contributed by atoms with Gasteiger partial charge in [0, 0.05) is 23.6 Å². The van der Waals surface area contributed by atoms with Crippen LogP contribution in [-0.4, -0.2) is 31.7 Å². The Bertz CT molecular complexity index is 1170. The van der Waals surface area contributed by atoms with E-state index in [1.807, 2.05) is 30.3 Å². The van der Waals surface area contributed by atoms with Crippen molar-refractivity contribution in [1.82, 2.24) is 19.7 Å². The maximum atomic E-state index is 12.9. The number of rotatable bonds is 7. The van der Waals surface area contributed by atoms with Crippen LogP contribution in [0.5, 0.6) is 0 Å². The topological polar surface area (TPSA) is 112 Å². The van der Waals surface area contributed by atoms with Gasteiger partial charge in [0.2, 0.25) is 0 Å². The molecule has 1 fully saturated rings. The molecule has 3 aromatic rings. The molecule has 1 N–H and O–H groups in total. The third-order valence-corrected chi connectivity index (χ3v) is 5.07. The maximum absolute atomic E-state index is 12.9. The molecule has 1 saturated carbocycles. The van der Waals surface area contributed by atoms with Crippen molar-refractivity contribution < 1.29 is 9.72 Å². The molecule has 1 aliphatic carbocycles. The number of nitro groups is 1. The van der Waals surface area contributed by atoms with E-state index in [9.17, 15) is 19.7 Å². The number of para-hydroxylation sites is 1. The van der Waals surface area contributed by atoms with Crippen molar-refractivity contribution in [1.29, 1.82) is 0 Å². The lowest BCUT2D eigenvalue weighted by molar-refractivity contribution is -0.385. The summed E-state index contributed by atoms with van der Waals surface area (Å²) in [5, 5.41) is 18.4. The molecule has 2 aromatic carbocycles. The van der Waals surface area contributed by atoms with Crippen molar-refractivity contribution in [2.75, 3.05) is 6.54 Å². The summed E-state index contributed by atoms with van der Waals surface area (Å²) < 4.78 is 2.91. The first-order valence-corrected chi connectivity index (χ1v) is 9.81. The highest BCUT2D eigenvalue weighted by Gasteiger charge is 2.31. The van der Waals surface area contributed by atoms with Crippen LogP contribution in [0.25, 0.3) is 5.69 Å². The average molecular weight is 428 g/mol. The van der Waals surface area contributed by atoms with Gasteiger partial charge in [-0.15, -0.1) is 0 Å². The number of nitrogens with one attached hydrogen (secondary N) is 1. The van der Waals surface area contributed by atoms with Crippen molar-refractivity contribution in [3.8, 4) is 5.69 Å². The highest BCUT2D eigenvalue weighted by atomic mass is 35.5. The molecule has 0 unspecified atom stereocenters. The van der Waals surface area contributed by atoms with Gasteiger partial charge in [-0.3, -0.25) is 14.9 Å². The van der Waals surface area contributed by atoms with Gasteiger partial charge in [-0.2, -0.15) is 5.10 Å². The first-order valence-electron chi connectivity index (χ1n) is 9.43. The normalized spacial score (nSPS) is 13.2. The van der Waals surface area contributed by atoms with E-state index in [2.05, 4.69) is 10.4 Å². The SMILES string of the molecule is O=C(NCCn1nc(C2CC2)n(-c2ccccc2)c1=O)c1cc(Cl)ccc1[N+](=O)[O-]. The standard InChI is InChI=1S/C20H18ClN5O4/c21-14-8-9-17(26(29)30)16(12-14)19(27)22-10-11-24-20(28)25(15-4-2-1-3-5-15)18(23-24)13-6-7-13/h1-5,8-9,12-13H,6-7,10-11H2,(H,22,27). The summed E-state index contributed by atoms with van der Waals surface area (Å²) in [6.45, 7) is 0.219. The molecule has 1 aliphatic rings. The van der Waals surface area contributed by atoms with Gasteiger partial charge in [-0.25, -0.2) is 14.0 Å². The number of hydrogen-bond acceptors (Lipinski definition) is 5. The summed E-state index contributed by atoms with van der Waals surface area (Å²) in [6.07, 6.45) is 1.97. The van der Waals surface area contributed by atoms with Crippen LogP contribution in [0.2, 0.25) is 5.02 Å². The molecule has 0 radical (unpaired) electrons. The maximum Gasteiger partial charge on any atom is 0.350 e. The predicted molar refractivity (Wildman–Crippen MR) is 110 cm³/mol. The zero-order valence-electron chi connectivity index (χ0n) is 15.8. The Balaban J connectivity index is 1.52. The monoisotopic (exact) mass is 427 g/mol. The van der Waals surface area contributed by atoms with Crippen LogP contribution >= 0.6 is 11.6 Å². The molecule has 9 nitrogen and oxygen atoms in total. The van der Waals surface area contributed by atoms with E-state index in [4.69, 9.17) is 11.6 Å². The van der Waals surface area contributed by atoms with Crippen LogP contribution in [-0.2, 0) is 6.54 Å². The molecule has 0 saturated heterocycles. The first kappa shape index (κ1) is 19.8. The van der Waals surface area contributed by atoms with E-state index in [0.717, 1.165) is 18.5 Å². The number of nitro benzene ring substituents is 1. The number of aromatic nitrogens is 3. The summed E-state index contributed by atoms with van der Waals surface area (Å²) in [5.74, 6) is 0.327. The minimum Gasteiger partial charge on any atom is -0.350 e. The molecular formula is C20H18ClN5O4. The molecule has 30 heavy (non-hydrogen) atoms. The van der Waals surface area contributed by atoms with Gasteiger partial charge >= 0.3 is 5.69 Å². The number of halogens is 1. The van der Waals surface area contributed by atoms with Gasteiger partial charge in [0.05, 0.1) is 17.2 Å². The van der Waals surface area contributed by atoms with Crippen molar-refractivity contribution in [3.05, 3.63) is 85.5 Å². The Morgan fingerprint density at radius 1 is 1.23 bits per heavy atom. The average Bonchev–Trinajstić information content (AvgIpc) is 3.52. The second kappa shape index (κ2) is 8.11. The smallest absolute Gasteiger partial charge is 0.350 e. The summed E-state index contributed by atoms with van der Waals surface area (Å²) in [6, 6.07) is 13.1. The fourth-order valence-corrected chi connectivity index (χ4v) is 3.39. The van der Waals surface area contributed by atoms with Crippen molar-refractivity contribution in [3.63, 3.8) is 0 Å². The quantitative estimate of drug-likeness (QED) is 0.460. The second-order valence-electron chi connectivity index (χ2n) is 6.98. The molecule has 0 aliphatic heterocycles. The minimum atomic E-state index is -0.640. The van der Waals surface area contributed by atoms with Gasteiger partial charge in [-0.05, 0) is 37.1 Å². The Morgan fingerprint density at radius 2 is 1.97 bits per heavy atom. The molecule has 10 heteroatoms. The molecular weight excluding hydrogens is 410 g/mol. The molecule has 154 valence electrons. The second-order valence-corrected chi connectivity index (χ2v) is 7.42. The lowest BCUT2D eigenvalue weighted by Crippen LogP contribution is -2.32. The van der Waals surface area contributed by atoms with E-state index in [1.165, 1.54) is 22.9 Å². The molecule has 4 rings (SSSR count). The Labute approximate surface area is 176 Å². The Morgan fingerprint density at radius 3 is 2.63 bits per heavy atom. The molecule has 1 amide bonds. The summed E-state index contributed by atoms with van der Waals surface area (Å²) in [7, 11) is 0. The number of carbonyl (C=O) groups is 1. The summed E-state index contributed by atoms with van der Waals surface area (Å²) >= 11 is 5.87. The van der Waals surface area contributed by atoms with Gasteiger partial charge in [0.1, 0.15) is 11.4 Å². The van der Waals surface area contributed by atoms with Crippen molar-refractivity contribution in [2.24, 2.45) is 0 Å². The number of hydrogen-bond donors (Lipinski definition) is 1. The lowest BCUT2D eigenvalue weighted by atomic mass is 10.1.